The van der Waals surface area contributed by atoms with Crippen molar-refractivity contribution < 1.29 is 34.8 Å². The number of aliphatic hydroxyl groups excluding tert-OH is 1. The Kier molecular flexibility index (Phi) is 15.5. The van der Waals surface area contributed by atoms with E-state index in [1.165, 1.54) is 6.33 Å². The Hall–Kier alpha value is -3.32. The van der Waals surface area contributed by atoms with Crippen molar-refractivity contribution in [1.29, 1.82) is 0 Å². The minimum absolute atomic E-state index is 0.263. The number of H-pyrrole nitrogens is 1. The molecule has 2 aromatic rings. The Labute approximate surface area is 204 Å². The largest absolute Gasteiger partial charge is 0.481 e. The van der Waals surface area contributed by atoms with Crippen LogP contribution in [0.25, 0.3) is 0 Å². The molecule has 0 unspecified atom stereocenters. The molecule has 0 aliphatic heterocycles. The third-order valence-electron chi connectivity index (χ3n) is 4.54. The molecule has 1 aromatic carbocycles. The van der Waals surface area contributed by atoms with Gasteiger partial charge in [0.2, 0.25) is 0 Å². The van der Waals surface area contributed by atoms with E-state index >= 15 is 0 Å². The molecule has 0 aliphatic rings. The Balaban J connectivity index is 0.000000496. The number of carboxylic acid groups (broad SMARTS) is 3. The van der Waals surface area contributed by atoms with Gasteiger partial charge in [-0.1, -0.05) is 44.2 Å². The lowest BCUT2D eigenvalue weighted by molar-refractivity contribution is -0.140. The molecule has 0 fully saturated rings. The van der Waals surface area contributed by atoms with Crippen molar-refractivity contribution in [2.45, 2.75) is 63.8 Å². The van der Waals surface area contributed by atoms with Crippen LogP contribution in [-0.4, -0.2) is 72.5 Å². The molecule has 11 N–H and O–H groups in total. The zero-order chi connectivity index (χ0) is 27.0. The summed E-state index contributed by atoms with van der Waals surface area (Å²) in [4.78, 5) is 37.4. The maximum atomic E-state index is 10.4. The smallest absolute Gasteiger partial charge is 0.320 e. The van der Waals surface area contributed by atoms with Crippen LogP contribution in [0.1, 0.15) is 37.9 Å². The van der Waals surface area contributed by atoms with Crippen molar-refractivity contribution in [2.24, 2.45) is 23.1 Å². The van der Waals surface area contributed by atoms with Crippen molar-refractivity contribution >= 4 is 17.9 Å². The van der Waals surface area contributed by atoms with Crippen LogP contribution >= 0.6 is 0 Å². The average molecular weight is 496 g/mol. The van der Waals surface area contributed by atoms with Crippen molar-refractivity contribution in [3.63, 3.8) is 0 Å². The summed E-state index contributed by atoms with van der Waals surface area (Å²) in [6.45, 7) is 3.96. The van der Waals surface area contributed by atoms with Gasteiger partial charge in [-0.05, 0) is 24.3 Å². The molecular weight excluding hydrogens is 458 g/mol. The third-order valence-corrected chi connectivity index (χ3v) is 4.54. The van der Waals surface area contributed by atoms with Crippen LogP contribution in [-0.2, 0) is 27.2 Å². The number of nitrogens with one attached hydrogen (secondary N) is 1. The molecule has 196 valence electrons. The minimum atomic E-state index is -1.01. The Morgan fingerprint density at radius 2 is 1.49 bits per heavy atom. The topological polar surface area (TPSA) is 239 Å². The molecule has 0 saturated carbocycles. The Bertz CT molecular complexity index is 862. The van der Waals surface area contributed by atoms with Gasteiger partial charge in [0.15, 0.2) is 0 Å². The maximum Gasteiger partial charge on any atom is 0.320 e. The van der Waals surface area contributed by atoms with E-state index in [1.54, 1.807) is 6.20 Å². The van der Waals surface area contributed by atoms with Crippen molar-refractivity contribution in [3.05, 3.63) is 54.1 Å². The number of aromatic nitrogens is 2. The van der Waals surface area contributed by atoms with Gasteiger partial charge in [-0.2, -0.15) is 0 Å². The first-order valence-corrected chi connectivity index (χ1v) is 11.0. The molecule has 0 amide bonds. The van der Waals surface area contributed by atoms with Crippen LogP contribution in [0, 0.1) is 5.92 Å². The van der Waals surface area contributed by atoms with E-state index in [2.05, 4.69) is 9.97 Å². The summed E-state index contributed by atoms with van der Waals surface area (Å²) in [5, 5.41) is 34.5. The van der Waals surface area contributed by atoms with Gasteiger partial charge in [0.1, 0.15) is 12.1 Å². The summed E-state index contributed by atoms with van der Waals surface area (Å²) in [6, 6.07) is 7.25. The highest BCUT2D eigenvalue weighted by Crippen LogP contribution is 2.08. The number of nitrogens with two attached hydrogens (primary N) is 3. The van der Waals surface area contributed by atoms with Crippen LogP contribution in [0.15, 0.2) is 42.9 Å². The predicted molar refractivity (Wildman–Crippen MR) is 129 cm³/mol. The van der Waals surface area contributed by atoms with Gasteiger partial charge in [0, 0.05) is 18.7 Å². The highest BCUT2D eigenvalue weighted by Gasteiger charge is 2.18. The second kappa shape index (κ2) is 17.2. The summed E-state index contributed by atoms with van der Waals surface area (Å²) in [5.74, 6) is -2.60. The fraction of sp³-hybridized carbons (Fsp3) is 0.478. The van der Waals surface area contributed by atoms with E-state index in [0.29, 0.717) is 24.5 Å². The summed E-state index contributed by atoms with van der Waals surface area (Å²) in [5.41, 5.74) is 17.8. The number of imidazole rings is 1. The van der Waals surface area contributed by atoms with Gasteiger partial charge < -0.3 is 42.6 Å². The standard InChI is InChI=1S/C9H11NO2.C8H17NO3.C6H9N3O2/c10-8(9(11)12)6-7-4-2-1-3-5-7;1-5(2)3-6(9)7(10)4-8(11)12;7-5(6(10)11)1-4-2-8-3-9-4/h1-5,8H,6,10H2,(H,11,12);5-7,10H,3-4,9H2,1-2H3,(H,11,12);2-3,5H,1,7H2,(H,8,9)(H,10,11)/t8-;6-,7-;5-/m000/s1. The second-order valence-electron chi connectivity index (χ2n) is 8.30. The highest BCUT2D eigenvalue weighted by molar-refractivity contribution is 5.73. The molecule has 0 spiro atoms. The molecule has 35 heavy (non-hydrogen) atoms. The molecule has 0 aliphatic carbocycles. The number of rotatable bonds is 11. The average Bonchev–Trinajstić information content (AvgIpc) is 3.27. The van der Waals surface area contributed by atoms with Gasteiger partial charge in [-0.15, -0.1) is 0 Å². The Morgan fingerprint density at radius 1 is 0.943 bits per heavy atom. The molecule has 2 rings (SSSR count). The van der Waals surface area contributed by atoms with Gasteiger partial charge in [0.25, 0.3) is 0 Å². The number of carboxylic acids is 3. The van der Waals surface area contributed by atoms with E-state index in [1.807, 2.05) is 44.2 Å². The van der Waals surface area contributed by atoms with Gasteiger partial charge in [0.05, 0.1) is 24.5 Å². The number of aromatic amines is 1. The van der Waals surface area contributed by atoms with Crippen molar-refractivity contribution in [1.82, 2.24) is 9.97 Å². The van der Waals surface area contributed by atoms with Crippen molar-refractivity contribution in [3.8, 4) is 0 Å². The number of aliphatic hydroxyl groups is 1. The SMILES string of the molecule is CC(C)C[C@H](N)[C@@H](O)CC(=O)O.N[C@@H](Cc1c[nH]cn1)C(=O)O.N[C@@H](Cc1ccccc1)C(=O)O. The highest BCUT2D eigenvalue weighted by atomic mass is 16.4. The number of hydrogen-bond donors (Lipinski definition) is 8. The fourth-order valence-electron chi connectivity index (χ4n) is 2.70. The zero-order valence-electron chi connectivity index (χ0n) is 19.9. The Morgan fingerprint density at radius 3 is 1.91 bits per heavy atom. The lowest BCUT2D eigenvalue weighted by Crippen LogP contribution is -2.37. The quantitative estimate of drug-likeness (QED) is 0.209. The maximum absolute atomic E-state index is 10.4. The number of hydrogen-bond acceptors (Lipinski definition) is 8. The second-order valence-corrected chi connectivity index (χ2v) is 8.30. The lowest BCUT2D eigenvalue weighted by Gasteiger charge is -2.18. The predicted octanol–water partition coefficient (Wildman–Crippen LogP) is 0.201. The van der Waals surface area contributed by atoms with Crippen molar-refractivity contribution in [2.75, 3.05) is 0 Å². The van der Waals surface area contributed by atoms with Crippen LogP contribution in [0.5, 0.6) is 0 Å². The molecule has 0 saturated heterocycles. The molecule has 1 heterocycles. The molecule has 1 aromatic heterocycles. The normalized spacial score (nSPS) is 13.8. The number of carbonyl (C=O) groups is 3. The van der Waals surface area contributed by atoms with Crippen LogP contribution in [0.3, 0.4) is 0 Å². The first-order valence-electron chi connectivity index (χ1n) is 11.0. The number of nitrogens with zero attached hydrogens (tertiary/aromatic N) is 1. The fourth-order valence-corrected chi connectivity index (χ4v) is 2.70. The number of benzene rings is 1. The van der Waals surface area contributed by atoms with Gasteiger partial charge in [-0.3, -0.25) is 14.4 Å². The number of aliphatic carboxylic acids is 3. The summed E-state index contributed by atoms with van der Waals surface area (Å²) < 4.78 is 0. The summed E-state index contributed by atoms with van der Waals surface area (Å²) >= 11 is 0. The zero-order valence-corrected chi connectivity index (χ0v) is 19.9. The molecule has 0 radical (unpaired) electrons. The molecule has 12 nitrogen and oxygen atoms in total. The van der Waals surface area contributed by atoms with Crippen LogP contribution in [0.4, 0.5) is 0 Å². The van der Waals surface area contributed by atoms with E-state index in [-0.39, 0.29) is 12.8 Å². The van der Waals surface area contributed by atoms with Gasteiger partial charge >= 0.3 is 17.9 Å². The molecule has 12 heteroatoms. The lowest BCUT2D eigenvalue weighted by atomic mass is 9.98. The minimum Gasteiger partial charge on any atom is -0.481 e. The first-order chi connectivity index (χ1) is 16.3. The molecular formula is C23H37N5O7. The molecule has 4 atom stereocenters. The van der Waals surface area contributed by atoms with Gasteiger partial charge in [-0.25, -0.2) is 4.98 Å². The molecule has 0 bridgehead atoms. The monoisotopic (exact) mass is 495 g/mol. The third kappa shape index (κ3) is 16.0. The summed E-state index contributed by atoms with van der Waals surface area (Å²) in [7, 11) is 0. The van der Waals surface area contributed by atoms with Crippen LogP contribution in [0.2, 0.25) is 0 Å². The van der Waals surface area contributed by atoms with E-state index in [4.69, 9.17) is 32.5 Å². The van der Waals surface area contributed by atoms with E-state index in [0.717, 1.165) is 5.56 Å². The van der Waals surface area contributed by atoms with E-state index in [9.17, 15) is 19.5 Å². The van der Waals surface area contributed by atoms with Crippen LogP contribution < -0.4 is 17.2 Å². The first kappa shape index (κ1) is 31.7. The summed E-state index contributed by atoms with van der Waals surface area (Å²) in [6.07, 6.45) is 3.22. The van der Waals surface area contributed by atoms with E-state index < -0.39 is 42.1 Å².